The highest BCUT2D eigenvalue weighted by Crippen LogP contribution is 2.30. The van der Waals surface area contributed by atoms with Gasteiger partial charge in [-0.1, -0.05) is 30.3 Å². The number of hydrogen-bond acceptors (Lipinski definition) is 3. The van der Waals surface area contributed by atoms with E-state index in [1.54, 1.807) is 12.0 Å². The fourth-order valence-electron chi connectivity index (χ4n) is 3.41. The Morgan fingerprint density at radius 3 is 2.50 bits per heavy atom. The molecule has 0 aliphatic carbocycles. The molecule has 1 unspecified atom stereocenters. The normalized spacial score (nSPS) is 16.4. The van der Waals surface area contributed by atoms with Gasteiger partial charge in [0.1, 0.15) is 5.75 Å². The molecule has 28 heavy (non-hydrogen) atoms. The molecule has 3 N–H and O–H groups in total. The molecular weight excluding hydrogens is 356 g/mol. The van der Waals surface area contributed by atoms with Crippen LogP contribution in [0, 0.1) is 13.8 Å². The van der Waals surface area contributed by atoms with Gasteiger partial charge in [0.15, 0.2) is 0 Å². The van der Waals surface area contributed by atoms with Crippen molar-refractivity contribution in [3.8, 4) is 5.75 Å². The third kappa shape index (κ3) is 4.19. The van der Waals surface area contributed by atoms with Gasteiger partial charge in [-0.3, -0.25) is 0 Å². The molecule has 7 nitrogen and oxygen atoms in total. The first-order valence-electron chi connectivity index (χ1n) is 9.23. The van der Waals surface area contributed by atoms with Crippen molar-refractivity contribution in [2.24, 2.45) is 5.73 Å². The molecule has 0 aromatic heterocycles. The van der Waals surface area contributed by atoms with Crippen molar-refractivity contribution in [2.45, 2.75) is 26.3 Å². The van der Waals surface area contributed by atoms with E-state index >= 15 is 0 Å². The van der Waals surface area contributed by atoms with Gasteiger partial charge in [0.25, 0.3) is 0 Å². The molecule has 0 radical (unpaired) electrons. The lowest BCUT2D eigenvalue weighted by atomic mass is 10.0. The SMILES string of the molecule is COc1ccc(CCN2C(=O)N(NC(N)=O)CC2c2ccc(C)c(C)c2)cc1. The minimum atomic E-state index is -0.746. The van der Waals surface area contributed by atoms with Gasteiger partial charge in [0, 0.05) is 6.54 Å². The van der Waals surface area contributed by atoms with Crippen LogP contribution in [0.4, 0.5) is 9.59 Å². The molecular formula is C21H26N4O3. The molecule has 1 aliphatic heterocycles. The molecule has 148 valence electrons. The van der Waals surface area contributed by atoms with Gasteiger partial charge in [0.05, 0.1) is 19.7 Å². The van der Waals surface area contributed by atoms with Crippen molar-refractivity contribution < 1.29 is 14.3 Å². The van der Waals surface area contributed by atoms with Gasteiger partial charge in [-0.2, -0.15) is 0 Å². The zero-order chi connectivity index (χ0) is 20.3. The summed E-state index contributed by atoms with van der Waals surface area (Å²) in [5.41, 5.74) is 12.2. The van der Waals surface area contributed by atoms with Crippen molar-refractivity contribution in [3.63, 3.8) is 0 Å². The molecule has 1 saturated heterocycles. The lowest BCUT2D eigenvalue weighted by Crippen LogP contribution is -2.47. The number of nitrogens with zero attached hydrogens (tertiary/aromatic N) is 2. The standard InChI is InChI=1S/C21H26N4O3/c1-14-4-7-17(12-15(14)2)19-13-25(23-20(22)26)21(27)24(19)11-10-16-5-8-18(28-3)9-6-16/h4-9,12,19H,10-11,13H2,1-3H3,(H3,22,23,26). The molecule has 1 fully saturated rings. The van der Waals surface area contributed by atoms with Crippen LogP contribution in [-0.2, 0) is 6.42 Å². The Morgan fingerprint density at radius 1 is 1.18 bits per heavy atom. The van der Waals surface area contributed by atoms with E-state index in [4.69, 9.17) is 10.5 Å². The number of carbonyl (C=O) groups excluding carboxylic acids is 2. The van der Waals surface area contributed by atoms with Crippen molar-refractivity contribution in [1.29, 1.82) is 0 Å². The first-order valence-corrected chi connectivity index (χ1v) is 9.23. The second kappa shape index (κ2) is 8.21. The van der Waals surface area contributed by atoms with E-state index in [9.17, 15) is 9.59 Å². The van der Waals surface area contributed by atoms with Gasteiger partial charge in [0.2, 0.25) is 0 Å². The number of primary amides is 1. The number of ether oxygens (including phenoxy) is 1. The molecule has 1 atom stereocenters. The molecule has 2 aromatic rings. The smallest absolute Gasteiger partial charge is 0.339 e. The Kier molecular flexibility index (Phi) is 5.73. The van der Waals surface area contributed by atoms with Crippen molar-refractivity contribution >= 4 is 12.1 Å². The summed E-state index contributed by atoms with van der Waals surface area (Å²) in [5, 5.41) is 1.29. The van der Waals surface area contributed by atoms with Gasteiger partial charge < -0.3 is 15.4 Å². The molecule has 2 aromatic carbocycles. The summed E-state index contributed by atoms with van der Waals surface area (Å²) in [6.45, 7) is 4.99. The van der Waals surface area contributed by atoms with Crippen LogP contribution in [0.25, 0.3) is 0 Å². The maximum Gasteiger partial charge on any atom is 0.339 e. The van der Waals surface area contributed by atoms with E-state index in [2.05, 4.69) is 31.4 Å². The van der Waals surface area contributed by atoms with Crippen molar-refractivity contribution in [3.05, 3.63) is 64.7 Å². The molecule has 0 saturated carbocycles. The summed E-state index contributed by atoms with van der Waals surface area (Å²) < 4.78 is 5.19. The number of hydrazine groups is 1. The maximum atomic E-state index is 12.9. The zero-order valence-corrected chi connectivity index (χ0v) is 16.4. The van der Waals surface area contributed by atoms with E-state index in [0.717, 1.165) is 16.9 Å². The monoisotopic (exact) mass is 382 g/mol. The highest BCUT2D eigenvalue weighted by Gasteiger charge is 2.38. The predicted octanol–water partition coefficient (Wildman–Crippen LogP) is 2.92. The van der Waals surface area contributed by atoms with E-state index < -0.39 is 6.03 Å². The Hall–Kier alpha value is -3.22. The average molecular weight is 382 g/mol. The van der Waals surface area contributed by atoms with Gasteiger partial charge in [-0.15, -0.1) is 0 Å². The Balaban J connectivity index is 1.81. The van der Waals surface area contributed by atoms with Gasteiger partial charge >= 0.3 is 12.1 Å². The maximum absolute atomic E-state index is 12.9. The number of nitrogens with one attached hydrogen (secondary N) is 1. The summed E-state index contributed by atoms with van der Waals surface area (Å²) in [4.78, 5) is 25.9. The fraction of sp³-hybridized carbons (Fsp3) is 0.333. The van der Waals surface area contributed by atoms with Crippen LogP contribution in [0.2, 0.25) is 0 Å². The highest BCUT2D eigenvalue weighted by atomic mass is 16.5. The predicted molar refractivity (Wildman–Crippen MR) is 107 cm³/mol. The van der Waals surface area contributed by atoms with Crippen molar-refractivity contribution in [2.75, 3.05) is 20.2 Å². The third-order valence-corrected chi connectivity index (χ3v) is 5.17. The Labute approximate surface area is 165 Å². The lowest BCUT2D eigenvalue weighted by Gasteiger charge is -2.24. The molecule has 4 amide bonds. The number of carbonyl (C=O) groups is 2. The second-order valence-corrected chi connectivity index (χ2v) is 7.02. The number of amides is 4. The molecule has 1 heterocycles. The van der Waals surface area contributed by atoms with E-state index in [1.807, 2.05) is 30.3 Å². The minimum Gasteiger partial charge on any atom is -0.497 e. The quantitative estimate of drug-likeness (QED) is 0.805. The minimum absolute atomic E-state index is 0.156. The number of rotatable bonds is 6. The van der Waals surface area contributed by atoms with Crippen LogP contribution in [-0.4, -0.2) is 42.2 Å². The topological polar surface area (TPSA) is 87.9 Å². The Bertz CT molecular complexity index is 866. The molecule has 3 rings (SSSR count). The van der Waals surface area contributed by atoms with Crippen molar-refractivity contribution in [1.82, 2.24) is 15.3 Å². The number of nitrogens with two attached hydrogens (primary N) is 1. The van der Waals surface area contributed by atoms with Crippen LogP contribution in [0.1, 0.15) is 28.3 Å². The van der Waals surface area contributed by atoms with Crippen LogP contribution >= 0.6 is 0 Å². The summed E-state index contributed by atoms with van der Waals surface area (Å²) in [7, 11) is 1.63. The average Bonchev–Trinajstić information content (AvgIpc) is 2.98. The van der Waals surface area contributed by atoms with Gasteiger partial charge in [-0.05, 0) is 54.7 Å². The number of aryl methyl sites for hydroxylation is 2. The Morgan fingerprint density at radius 2 is 1.89 bits per heavy atom. The summed E-state index contributed by atoms with van der Waals surface area (Å²) >= 11 is 0. The second-order valence-electron chi connectivity index (χ2n) is 7.02. The van der Waals surface area contributed by atoms with Crippen LogP contribution in [0.5, 0.6) is 5.75 Å². The fourth-order valence-corrected chi connectivity index (χ4v) is 3.41. The largest absolute Gasteiger partial charge is 0.497 e. The van der Waals surface area contributed by atoms with E-state index in [1.165, 1.54) is 16.1 Å². The van der Waals surface area contributed by atoms with E-state index in [0.29, 0.717) is 19.5 Å². The molecule has 0 spiro atoms. The zero-order valence-electron chi connectivity index (χ0n) is 16.4. The highest BCUT2D eigenvalue weighted by molar-refractivity contribution is 5.81. The summed E-state index contributed by atoms with van der Waals surface area (Å²) in [5.74, 6) is 0.797. The molecule has 0 bridgehead atoms. The van der Waals surface area contributed by atoms with E-state index in [-0.39, 0.29) is 12.1 Å². The first kappa shape index (κ1) is 19.5. The summed E-state index contributed by atoms with van der Waals surface area (Å²) in [6, 6.07) is 12.8. The van der Waals surface area contributed by atoms with Crippen LogP contribution in [0.15, 0.2) is 42.5 Å². The first-order chi connectivity index (χ1) is 13.4. The number of hydrogen-bond donors (Lipinski definition) is 2. The summed E-state index contributed by atoms with van der Waals surface area (Å²) in [6.07, 6.45) is 0.696. The number of benzene rings is 2. The third-order valence-electron chi connectivity index (χ3n) is 5.17. The van der Waals surface area contributed by atoms with Crippen LogP contribution in [0.3, 0.4) is 0 Å². The number of urea groups is 2. The van der Waals surface area contributed by atoms with Gasteiger partial charge in [-0.25, -0.2) is 20.0 Å². The molecule has 7 heteroatoms. The lowest BCUT2D eigenvalue weighted by molar-refractivity contribution is 0.172. The van der Waals surface area contributed by atoms with Crippen LogP contribution < -0.4 is 15.9 Å². The molecule has 1 aliphatic rings. The number of methoxy groups -OCH3 is 1.